The maximum absolute atomic E-state index is 12.6. The Hall–Kier alpha value is -2.75. The lowest BCUT2D eigenvalue weighted by Gasteiger charge is -2.26. The van der Waals surface area contributed by atoms with E-state index in [1.165, 1.54) is 11.2 Å². The highest BCUT2D eigenvalue weighted by molar-refractivity contribution is 7.89. The maximum atomic E-state index is 12.6. The average Bonchev–Trinajstić information content (AvgIpc) is 2.73. The highest BCUT2D eigenvalue weighted by atomic mass is 32.2. The molecule has 0 radical (unpaired) electrons. The monoisotopic (exact) mass is 431 g/mol. The molecule has 2 aromatic rings. The Balaban J connectivity index is 1.55. The minimum absolute atomic E-state index is 0.167. The molecular formula is C21H25N3O5S. The molecule has 0 saturated carbocycles. The lowest BCUT2D eigenvalue weighted by atomic mass is 10.1. The number of rotatable bonds is 7. The van der Waals surface area contributed by atoms with Gasteiger partial charge in [-0.3, -0.25) is 9.59 Å². The number of ether oxygens (including phenoxy) is 1. The highest BCUT2D eigenvalue weighted by Gasteiger charge is 2.26. The lowest BCUT2D eigenvalue weighted by Crippen LogP contribution is -2.40. The SMILES string of the molecule is CC(=O)Nc1cccc(NC(=O)CCc2ccc(S(=O)(=O)N3CCOCC3)cc2)c1. The average molecular weight is 432 g/mol. The summed E-state index contributed by atoms with van der Waals surface area (Å²) in [5.74, 6) is -0.349. The number of morpholine rings is 1. The minimum Gasteiger partial charge on any atom is -0.379 e. The number of hydrogen-bond donors (Lipinski definition) is 2. The van der Waals surface area contributed by atoms with Crippen LogP contribution >= 0.6 is 0 Å². The molecule has 2 amide bonds. The van der Waals surface area contributed by atoms with Crippen LogP contribution in [0.15, 0.2) is 53.4 Å². The van der Waals surface area contributed by atoms with E-state index in [0.29, 0.717) is 44.1 Å². The number of carbonyl (C=O) groups is 2. The summed E-state index contributed by atoms with van der Waals surface area (Å²) in [6, 6.07) is 13.5. The first-order valence-electron chi connectivity index (χ1n) is 9.69. The second-order valence-corrected chi connectivity index (χ2v) is 8.91. The predicted octanol–water partition coefficient (Wildman–Crippen LogP) is 2.24. The molecule has 0 unspecified atom stereocenters. The molecule has 1 fully saturated rings. The molecule has 1 aliphatic heterocycles. The van der Waals surface area contributed by atoms with Crippen LogP contribution in [0.4, 0.5) is 11.4 Å². The minimum atomic E-state index is -3.52. The fraction of sp³-hybridized carbons (Fsp3) is 0.333. The van der Waals surface area contributed by atoms with E-state index in [0.717, 1.165) is 5.56 Å². The molecule has 2 aromatic carbocycles. The van der Waals surface area contributed by atoms with E-state index >= 15 is 0 Å². The van der Waals surface area contributed by atoms with Crippen molar-refractivity contribution in [2.45, 2.75) is 24.7 Å². The van der Waals surface area contributed by atoms with E-state index in [1.807, 2.05) is 0 Å². The van der Waals surface area contributed by atoms with E-state index in [1.54, 1.807) is 48.5 Å². The van der Waals surface area contributed by atoms with E-state index in [4.69, 9.17) is 4.74 Å². The van der Waals surface area contributed by atoms with Crippen molar-refractivity contribution in [2.75, 3.05) is 36.9 Å². The van der Waals surface area contributed by atoms with Gasteiger partial charge in [-0.05, 0) is 42.3 Å². The molecule has 0 spiro atoms. The zero-order valence-electron chi connectivity index (χ0n) is 16.8. The summed E-state index contributed by atoms with van der Waals surface area (Å²) in [7, 11) is -3.52. The molecule has 0 aromatic heterocycles. The van der Waals surface area contributed by atoms with Crippen molar-refractivity contribution in [3.63, 3.8) is 0 Å². The highest BCUT2D eigenvalue weighted by Crippen LogP contribution is 2.19. The zero-order chi connectivity index (χ0) is 21.6. The summed E-state index contributed by atoms with van der Waals surface area (Å²) in [5.41, 5.74) is 2.08. The number of aryl methyl sites for hydroxylation is 1. The fourth-order valence-corrected chi connectivity index (χ4v) is 4.53. The number of nitrogens with zero attached hydrogens (tertiary/aromatic N) is 1. The summed E-state index contributed by atoms with van der Waals surface area (Å²) >= 11 is 0. The number of sulfonamides is 1. The topological polar surface area (TPSA) is 105 Å². The van der Waals surface area contributed by atoms with Gasteiger partial charge in [-0.1, -0.05) is 18.2 Å². The van der Waals surface area contributed by atoms with Gasteiger partial charge < -0.3 is 15.4 Å². The van der Waals surface area contributed by atoms with Crippen LogP contribution < -0.4 is 10.6 Å². The number of nitrogens with one attached hydrogen (secondary N) is 2. The van der Waals surface area contributed by atoms with Gasteiger partial charge in [0, 0.05) is 37.8 Å². The summed E-state index contributed by atoms with van der Waals surface area (Å²) in [5, 5.41) is 5.47. The van der Waals surface area contributed by atoms with Crippen molar-refractivity contribution >= 4 is 33.2 Å². The summed E-state index contributed by atoms with van der Waals surface area (Å²) in [4.78, 5) is 23.6. The molecule has 0 aliphatic carbocycles. The van der Waals surface area contributed by atoms with Gasteiger partial charge in [0.05, 0.1) is 18.1 Å². The van der Waals surface area contributed by atoms with Gasteiger partial charge >= 0.3 is 0 Å². The molecule has 0 bridgehead atoms. The van der Waals surface area contributed by atoms with Gasteiger partial charge in [-0.2, -0.15) is 4.31 Å². The van der Waals surface area contributed by atoms with Gasteiger partial charge in [0.25, 0.3) is 0 Å². The van der Waals surface area contributed by atoms with Gasteiger partial charge in [0.2, 0.25) is 21.8 Å². The standard InChI is InChI=1S/C21H25N3O5S/c1-16(25)22-18-3-2-4-19(15-18)23-21(26)10-7-17-5-8-20(9-6-17)30(27,28)24-11-13-29-14-12-24/h2-6,8-9,15H,7,10-14H2,1H3,(H,22,25)(H,23,26). The molecule has 9 heteroatoms. The van der Waals surface area contributed by atoms with Crippen LogP contribution in [0.2, 0.25) is 0 Å². The Bertz CT molecular complexity index is 1000. The van der Waals surface area contributed by atoms with Crippen molar-refractivity contribution in [3.05, 3.63) is 54.1 Å². The summed E-state index contributed by atoms with van der Waals surface area (Å²) < 4.78 is 31.9. The molecule has 0 atom stereocenters. The quantitative estimate of drug-likeness (QED) is 0.700. The Morgan fingerprint density at radius 3 is 2.27 bits per heavy atom. The molecule has 1 heterocycles. The van der Waals surface area contributed by atoms with E-state index in [2.05, 4.69) is 10.6 Å². The number of benzene rings is 2. The second-order valence-electron chi connectivity index (χ2n) is 6.97. The van der Waals surface area contributed by atoms with E-state index < -0.39 is 10.0 Å². The Kier molecular flexibility index (Phi) is 7.20. The maximum Gasteiger partial charge on any atom is 0.243 e. The first-order chi connectivity index (χ1) is 14.3. The van der Waals surface area contributed by atoms with Gasteiger partial charge in [-0.25, -0.2) is 8.42 Å². The van der Waals surface area contributed by atoms with Crippen LogP contribution in [0.1, 0.15) is 18.9 Å². The van der Waals surface area contributed by atoms with Gasteiger partial charge in [0.1, 0.15) is 0 Å². The molecule has 1 aliphatic rings. The molecule has 1 saturated heterocycles. The van der Waals surface area contributed by atoms with Crippen molar-refractivity contribution in [1.29, 1.82) is 0 Å². The Morgan fingerprint density at radius 1 is 1.00 bits per heavy atom. The van der Waals surface area contributed by atoms with Gasteiger partial charge in [0.15, 0.2) is 0 Å². The Morgan fingerprint density at radius 2 is 1.63 bits per heavy atom. The molecule has 30 heavy (non-hydrogen) atoms. The van der Waals surface area contributed by atoms with Crippen molar-refractivity contribution < 1.29 is 22.7 Å². The fourth-order valence-electron chi connectivity index (χ4n) is 3.12. The summed E-state index contributed by atoms with van der Waals surface area (Å²) in [6.45, 7) is 2.93. The number of carbonyl (C=O) groups excluding carboxylic acids is 2. The normalized spacial score (nSPS) is 14.8. The largest absolute Gasteiger partial charge is 0.379 e. The number of anilines is 2. The zero-order valence-corrected chi connectivity index (χ0v) is 17.6. The summed E-state index contributed by atoms with van der Waals surface area (Å²) in [6.07, 6.45) is 0.731. The molecule has 8 nitrogen and oxygen atoms in total. The first kappa shape index (κ1) is 21.9. The Labute approximate surface area is 176 Å². The van der Waals surface area contributed by atoms with Crippen molar-refractivity contribution in [2.24, 2.45) is 0 Å². The van der Waals surface area contributed by atoms with Crippen LogP contribution in [0.3, 0.4) is 0 Å². The van der Waals surface area contributed by atoms with Crippen LogP contribution in [0.25, 0.3) is 0 Å². The van der Waals surface area contributed by atoms with Crippen LogP contribution in [-0.2, 0) is 30.8 Å². The predicted molar refractivity (Wildman–Crippen MR) is 114 cm³/mol. The number of amides is 2. The van der Waals surface area contributed by atoms with Crippen LogP contribution in [0, 0.1) is 0 Å². The second kappa shape index (κ2) is 9.84. The van der Waals surface area contributed by atoms with Crippen LogP contribution in [0.5, 0.6) is 0 Å². The smallest absolute Gasteiger partial charge is 0.243 e. The van der Waals surface area contributed by atoms with E-state index in [-0.39, 0.29) is 23.1 Å². The molecule has 3 rings (SSSR count). The molecule has 2 N–H and O–H groups in total. The third-order valence-corrected chi connectivity index (χ3v) is 6.55. The van der Waals surface area contributed by atoms with Crippen molar-refractivity contribution in [3.8, 4) is 0 Å². The number of hydrogen-bond acceptors (Lipinski definition) is 5. The third kappa shape index (κ3) is 5.88. The first-order valence-corrected chi connectivity index (χ1v) is 11.1. The molecular weight excluding hydrogens is 406 g/mol. The van der Waals surface area contributed by atoms with E-state index in [9.17, 15) is 18.0 Å². The van der Waals surface area contributed by atoms with Gasteiger partial charge in [-0.15, -0.1) is 0 Å². The van der Waals surface area contributed by atoms with Crippen LogP contribution in [-0.4, -0.2) is 50.8 Å². The molecule has 160 valence electrons. The van der Waals surface area contributed by atoms with Crippen molar-refractivity contribution in [1.82, 2.24) is 4.31 Å². The lowest BCUT2D eigenvalue weighted by molar-refractivity contribution is -0.116. The third-order valence-electron chi connectivity index (χ3n) is 4.64.